The normalized spacial score (nSPS) is 15.4. The molecule has 20 heavy (non-hydrogen) atoms. The zero-order valence-corrected chi connectivity index (χ0v) is 12.4. The van der Waals surface area contributed by atoms with E-state index in [4.69, 9.17) is 0 Å². The highest BCUT2D eigenvalue weighted by atomic mass is 79.9. The van der Waals surface area contributed by atoms with Gasteiger partial charge in [0.1, 0.15) is 5.82 Å². The number of hydrogen-bond donors (Lipinski definition) is 1. The molecule has 0 bridgehead atoms. The van der Waals surface area contributed by atoms with Crippen LogP contribution in [-0.4, -0.2) is 36.1 Å². The molecule has 4 nitrogen and oxygen atoms in total. The lowest BCUT2D eigenvalue weighted by molar-refractivity contribution is 0.580. The number of hydrogen-bond acceptors (Lipinski definition) is 4. The molecule has 1 aliphatic heterocycles. The Bertz CT molecular complexity index is 614. The molecule has 1 N–H and O–H groups in total. The molecule has 1 fully saturated rings. The molecule has 1 aliphatic rings. The van der Waals surface area contributed by atoms with Crippen molar-refractivity contribution in [3.05, 3.63) is 40.8 Å². The number of anilines is 1. The zero-order valence-electron chi connectivity index (χ0n) is 10.8. The van der Waals surface area contributed by atoms with Gasteiger partial charge in [-0.25, -0.2) is 14.4 Å². The number of halogens is 2. The van der Waals surface area contributed by atoms with Crippen LogP contribution in [0.3, 0.4) is 0 Å². The Balaban J connectivity index is 1.94. The van der Waals surface area contributed by atoms with E-state index < -0.39 is 0 Å². The van der Waals surface area contributed by atoms with Crippen LogP contribution in [-0.2, 0) is 0 Å². The summed E-state index contributed by atoms with van der Waals surface area (Å²) in [7, 11) is 0. The van der Waals surface area contributed by atoms with Gasteiger partial charge in [0.05, 0.1) is 5.69 Å². The van der Waals surface area contributed by atoms with Gasteiger partial charge in [0, 0.05) is 42.4 Å². The largest absolute Gasteiger partial charge is 0.338 e. The minimum Gasteiger partial charge on any atom is -0.338 e. The monoisotopic (exact) mass is 336 g/mol. The molecule has 2 heterocycles. The topological polar surface area (TPSA) is 41.1 Å². The van der Waals surface area contributed by atoms with Gasteiger partial charge in [0.15, 0.2) is 0 Å². The molecular formula is C14H14BrFN4. The first kappa shape index (κ1) is 13.5. The summed E-state index contributed by atoms with van der Waals surface area (Å²) in [6.07, 6.45) is 1.75. The lowest BCUT2D eigenvalue weighted by Crippen LogP contribution is -2.44. The molecule has 0 spiro atoms. The number of nitrogens with one attached hydrogen (secondary N) is 1. The first-order chi connectivity index (χ1) is 9.74. The highest BCUT2D eigenvalue weighted by Gasteiger charge is 2.14. The van der Waals surface area contributed by atoms with Crippen LogP contribution < -0.4 is 10.2 Å². The summed E-state index contributed by atoms with van der Waals surface area (Å²) in [5.74, 6) is 0.456. The molecule has 1 saturated heterocycles. The quantitative estimate of drug-likeness (QED) is 0.914. The standard InChI is InChI=1S/C14H14BrFN4/c15-12-9-10(16)1-2-11(12)13-3-4-18-14(19-13)20-7-5-17-6-8-20/h1-4,9,17H,5-8H2. The molecule has 2 aromatic rings. The van der Waals surface area contributed by atoms with E-state index in [2.05, 4.69) is 36.1 Å². The summed E-state index contributed by atoms with van der Waals surface area (Å²) in [4.78, 5) is 11.1. The Kier molecular flexibility index (Phi) is 3.93. The zero-order chi connectivity index (χ0) is 13.9. The van der Waals surface area contributed by atoms with E-state index in [-0.39, 0.29) is 5.82 Å². The lowest BCUT2D eigenvalue weighted by Gasteiger charge is -2.27. The van der Waals surface area contributed by atoms with Crippen LogP contribution in [0.5, 0.6) is 0 Å². The van der Waals surface area contributed by atoms with Crippen molar-refractivity contribution in [2.75, 3.05) is 31.1 Å². The second-order valence-corrected chi connectivity index (χ2v) is 5.46. The fraction of sp³-hybridized carbons (Fsp3) is 0.286. The Labute approximate surface area is 125 Å². The Morgan fingerprint density at radius 2 is 2.00 bits per heavy atom. The van der Waals surface area contributed by atoms with Gasteiger partial charge in [-0.05, 0) is 40.2 Å². The van der Waals surface area contributed by atoms with Crippen molar-refractivity contribution in [1.82, 2.24) is 15.3 Å². The predicted molar refractivity (Wildman–Crippen MR) is 80.2 cm³/mol. The van der Waals surface area contributed by atoms with Crippen LogP contribution in [0.2, 0.25) is 0 Å². The molecule has 0 amide bonds. The fourth-order valence-corrected chi connectivity index (χ4v) is 2.77. The lowest BCUT2D eigenvalue weighted by atomic mass is 10.1. The van der Waals surface area contributed by atoms with E-state index in [1.807, 2.05) is 6.07 Å². The third-order valence-electron chi connectivity index (χ3n) is 3.25. The van der Waals surface area contributed by atoms with E-state index in [0.717, 1.165) is 43.4 Å². The molecule has 0 atom stereocenters. The molecule has 1 aromatic carbocycles. The van der Waals surface area contributed by atoms with Gasteiger partial charge in [0.25, 0.3) is 0 Å². The van der Waals surface area contributed by atoms with Crippen LogP contribution in [0.25, 0.3) is 11.3 Å². The smallest absolute Gasteiger partial charge is 0.225 e. The molecule has 0 aliphatic carbocycles. The van der Waals surface area contributed by atoms with Crippen molar-refractivity contribution in [2.24, 2.45) is 0 Å². The minimum absolute atomic E-state index is 0.267. The molecule has 0 radical (unpaired) electrons. The third-order valence-corrected chi connectivity index (χ3v) is 3.91. The Hall–Kier alpha value is -1.53. The van der Waals surface area contributed by atoms with Crippen LogP contribution in [0, 0.1) is 5.82 Å². The van der Waals surface area contributed by atoms with Gasteiger partial charge in [0.2, 0.25) is 5.95 Å². The van der Waals surface area contributed by atoms with Gasteiger partial charge < -0.3 is 10.2 Å². The van der Waals surface area contributed by atoms with Crippen LogP contribution in [0.1, 0.15) is 0 Å². The molecule has 0 saturated carbocycles. The van der Waals surface area contributed by atoms with Crippen molar-refractivity contribution in [3.8, 4) is 11.3 Å². The van der Waals surface area contributed by atoms with Crippen LogP contribution >= 0.6 is 15.9 Å². The molecule has 0 unspecified atom stereocenters. The maximum atomic E-state index is 13.2. The number of benzene rings is 1. The van der Waals surface area contributed by atoms with E-state index in [9.17, 15) is 4.39 Å². The average Bonchev–Trinajstić information content (AvgIpc) is 2.48. The first-order valence-corrected chi connectivity index (χ1v) is 7.27. The maximum Gasteiger partial charge on any atom is 0.225 e. The highest BCUT2D eigenvalue weighted by Crippen LogP contribution is 2.28. The summed E-state index contributed by atoms with van der Waals surface area (Å²) in [5.41, 5.74) is 1.66. The van der Waals surface area contributed by atoms with Crippen LogP contribution in [0.15, 0.2) is 34.9 Å². The van der Waals surface area contributed by atoms with Crippen molar-refractivity contribution >= 4 is 21.9 Å². The van der Waals surface area contributed by atoms with Gasteiger partial charge in [-0.15, -0.1) is 0 Å². The SMILES string of the molecule is Fc1ccc(-c2ccnc(N3CCNCC3)n2)c(Br)c1. The first-order valence-electron chi connectivity index (χ1n) is 6.48. The summed E-state index contributed by atoms with van der Waals surface area (Å²) in [6.45, 7) is 3.67. The third kappa shape index (κ3) is 2.81. The summed E-state index contributed by atoms with van der Waals surface area (Å²) in [6, 6.07) is 6.45. The van der Waals surface area contributed by atoms with Crippen molar-refractivity contribution in [1.29, 1.82) is 0 Å². The van der Waals surface area contributed by atoms with Crippen molar-refractivity contribution in [3.63, 3.8) is 0 Å². The number of aromatic nitrogens is 2. The fourth-order valence-electron chi connectivity index (χ4n) is 2.21. The van der Waals surface area contributed by atoms with Gasteiger partial charge in [-0.3, -0.25) is 0 Å². The second-order valence-electron chi connectivity index (χ2n) is 4.60. The molecule has 104 valence electrons. The second kappa shape index (κ2) is 5.85. The number of rotatable bonds is 2. The molecular weight excluding hydrogens is 323 g/mol. The minimum atomic E-state index is -0.267. The highest BCUT2D eigenvalue weighted by molar-refractivity contribution is 9.10. The average molecular weight is 337 g/mol. The van der Waals surface area contributed by atoms with Crippen molar-refractivity contribution < 1.29 is 4.39 Å². The van der Waals surface area contributed by atoms with E-state index >= 15 is 0 Å². The van der Waals surface area contributed by atoms with Gasteiger partial charge in [-0.2, -0.15) is 0 Å². The predicted octanol–water partition coefficient (Wildman–Crippen LogP) is 2.45. The summed E-state index contributed by atoms with van der Waals surface area (Å²) in [5, 5.41) is 3.30. The summed E-state index contributed by atoms with van der Waals surface area (Å²) < 4.78 is 13.9. The number of piperazine rings is 1. The van der Waals surface area contributed by atoms with Crippen molar-refractivity contribution in [2.45, 2.75) is 0 Å². The summed E-state index contributed by atoms with van der Waals surface area (Å²) >= 11 is 3.38. The van der Waals surface area contributed by atoms with Crippen LogP contribution in [0.4, 0.5) is 10.3 Å². The van der Waals surface area contributed by atoms with E-state index in [1.165, 1.54) is 12.1 Å². The molecule has 3 rings (SSSR count). The Morgan fingerprint density at radius 1 is 1.20 bits per heavy atom. The van der Waals surface area contributed by atoms with Gasteiger partial charge >= 0.3 is 0 Å². The molecule has 6 heteroatoms. The Morgan fingerprint density at radius 3 is 2.75 bits per heavy atom. The van der Waals surface area contributed by atoms with E-state index in [0.29, 0.717) is 4.47 Å². The number of nitrogens with zero attached hydrogens (tertiary/aromatic N) is 3. The van der Waals surface area contributed by atoms with E-state index in [1.54, 1.807) is 12.3 Å². The maximum absolute atomic E-state index is 13.2. The molecule has 1 aromatic heterocycles. The van der Waals surface area contributed by atoms with Gasteiger partial charge in [-0.1, -0.05) is 0 Å².